The Balaban J connectivity index is 2.39. The molecule has 0 aliphatic rings. The lowest BCUT2D eigenvalue weighted by atomic mass is 10.1. The number of nitrogens with two attached hydrogens (primary N) is 1. The fraction of sp³-hybridized carbons (Fsp3) is 0.615. The highest BCUT2D eigenvalue weighted by Gasteiger charge is 2.03. The summed E-state index contributed by atoms with van der Waals surface area (Å²) in [7, 11) is 0. The molecule has 0 atom stereocenters. The predicted molar refractivity (Wildman–Crippen MR) is 71.0 cm³/mol. The molecule has 17 heavy (non-hydrogen) atoms. The monoisotopic (exact) mass is 237 g/mol. The molecule has 0 unspecified atom stereocenters. The molecular formula is C13H23N3O. The molecule has 0 aliphatic heterocycles. The molecule has 1 rings (SSSR count). The largest absolute Gasteiger partial charge is 0.466 e. The van der Waals surface area contributed by atoms with Crippen molar-refractivity contribution in [1.29, 1.82) is 0 Å². The first-order chi connectivity index (χ1) is 7.99. The molecular weight excluding hydrogens is 214 g/mol. The molecule has 0 aromatic carbocycles. The zero-order chi connectivity index (χ0) is 12.8. The molecule has 96 valence electrons. The number of aliphatic imine (C=N–C) groups is 1. The topological polar surface area (TPSA) is 63.5 Å². The quantitative estimate of drug-likeness (QED) is 0.610. The third-order valence-corrected chi connectivity index (χ3v) is 2.59. The van der Waals surface area contributed by atoms with E-state index < -0.39 is 0 Å². The van der Waals surface area contributed by atoms with Crippen molar-refractivity contribution in [2.24, 2.45) is 16.6 Å². The van der Waals surface area contributed by atoms with Gasteiger partial charge in [-0.15, -0.1) is 0 Å². The van der Waals surface area contributed by atoms with Gasteiger partial charge in [0.2, 0.25) is 0 Å². The van der Waals surface area contributed by atoms with Gasteiger partial charge in [0.15, 0.2) is 5.96 Å². The number of hydrogen-bond acceptors (Lipinski definition) is 2. The summed E-state index contributed by atoms with van der Waals surface area (Å²) < 4.78 is 5.43. The smallest absolute Gasteiger partial charge is 0.188 e. The lowest BCUT2D eigenvalue weighted by Gasteiger charge is -2.07. The Labute approximate surface area is 103 Å². The van der Waals surface area contributed by atoms with Gasteiger partial charge in [0.05, 0.1) is 6.54 Å². The molecule has 3 N–H and O–H groups in total. The molecule has 0 spiro atoms. The van der Waals surface area contributed by atoms with Crippen molar-refractivity contribution in [3.63, 3.8) is 0 Å². The van der Waals surface area contributed by atoms with Crippen molar-refractivity contribution in [3.05, 3.63) is 23.2 Å². The van der Waals surface area contributed by atoms with E-state index in [2.05, 4.69) is 24.2 Å². The van der Waals surface area contributed by atoms with Crippen LogP contribution in [0, 0.1) is 19.8 Å². The minimum Gasteiger partial charge on any atom is -0.466 e. The number of nitrogens with one attached hydrogen (secondary N) is 1. The fourth-order valence-electron chi connectivity index (χ4n) is 1.56. The maximum absolute atomic E-state index is 5.77. The van der Waals surface area contributed by atoms with Crippen molar-refractivity contribution in [2.75, 3.05) is 6.54 Å². The number of guanidine groups is 1. The molecule has 0 radical (unpaired) electrons. The van der Waals surface area contributed by atoms with Gasteiger partial charge >= 0.3 is 0 Å². The predicted octanol–water partition coefficient (Wildman–Crippen LogP) is 2.35. The Morgan fingerprint density at radius 3 is 2.71 bits per heavy atom. The molecule has 1 aromatic heterocycles. The molecule has 1 aromatic rings. The van der Waals surface area contributed by atoms with Gasteiger partial charge in [-0.25, -0.2) is 4.99 Å². The summed E-state index contributed by atoms with van der Waals surface area (Å²) in [6.45, 7) is 9.70. The van der Waals surface area contributed by atoms with Gasteiger partial charge in [-0.05, 0) is 32.3 Å². The third-order valence-electron chi connectivity index (χ3n) is 2.59. The fourth-order valence-corrected chi connectivity index (χ4v) is 1.56. The van der Waals surface area contributed by atoms with E-state index >= 15 is 0 Å². The number of hydrogen-bond donors (Lipinski definition) is 2. The normalized spacial score (nSPS) is 12.2. The number of aryl methyl sites for hydroxylation is 2. The highest BCUT2D eigenvalue weighted by molar-refractivity contribution is 5.77. The van der Waals surface area contributed by atoms with Crippen LogP contribution in [0.1, 0.15) is 37.4 Å². The van der Waals surface area contributed by atoms with Crippen LogP contribution in [-0.2, 0) is 6.54 Å². The molecule has 0 bridgehead atoms. The maximum Gasteiger partial charge on any atom is 0.188 e. The van der Waals surface area contributed by atoms with Gasteiger partial charge in [0.25, 0.3) is 0 Å². The minimum absolute atomic E-state index is 0.504. The Morgan fingerprint density at radius 1 is 1.47 bits per heavy atom. The summed E-state index contributed by atoms with van der Waals surface area (Å²) >= 11 is 0. The van der Waals surface area contributed by atoms with Gasteiger partial charge in [0, 0.05) is 12.1 Å². The molecule has 0 amide bonds. The van der Waals surface area contributed by atoms with Crippen LogP contribution in [-0.4, -0.2) is 12.5 Å². The summed E-state index contributed by atoms with van der Waals surface area (Å²) in [4.78, 5) is 4.29. The maximum atomic E-state index is 5.77. The minimum atomic E-state index is 0.504. The molecule has 0 fully saturated rings. The molecule has 0 saturated heterocycles. The Kier molecular flexibility index (Phi) is 5.07. The summed E-state index contributed by atoms with van der Waals surface area (Å²) in [5.41, 5.74) is 6.87. The van der Waals surface area contributed by atoms with Crippen LogP contribution in [0.3, 0.4) is 0 Å². The van der Waals surface area contributed by atoms with Crippen LogP contribution in [0.5, 0.6) is 0 Å². The first-order valence-corrected chi connectivity index (χ1v) is 6.08. The second-order valence-corrected chi connectivity index (χ2v) is 4.75. The van der Waals surface area contributed by atoms with Crippen molar-refractivity contribution in [3.8, 4) is 0 Å². The molecule has 0 saturated carbocycles. The van der Waals surface area contributed by atoms with Crippen LogP contribution >= 0.6 is 0 Å². The molecule has 4 heteroatoms. The van der Waals surface area contributed by atoms with E-state index in [0.29, 0.717) is 18.4 Å². The summed E-state index contributed by atoms with van der Waals surface area (Å²) in [6.07, 6.45) is 1.10. The zero-order valence-electron chi connectivity index (χ0n) is 11.2. The van der Waals surface area contributed by atoms with Crippen molar-refractivity contribution >= 4 is 5.96 Å². The first kappa shape index (κ1) is 13.6. The van der Waals surface area contributed by atoms with E-state index in [1.807, 2.05) is 19.9 Å². The summed E-state index contributed by atoms with van der Waals surface area (Å²) in [6, 6.07) is 2.00. The van der Waals surface area contributed by atoms with E-state index in [-0.39, 0.29) is 0 Å². The third kappa shape index (κ3) is 4.93. The average Bonchev–Trinajstić information content (AvgIpc) is 2.54. The van der Waals surface area contributed by atoms with Gasteiger partial charge in [-0.3, -0.25) is 0 Å². The SMILES string of the molecule is Cc1cc(CN=C(N)NCCC(C)C)c(C)o1. The van der Waals surface area contributed by atoms with E-state index in [9.17, 15) is 0 Å². The van der Waals surface area contributed by atoms with Gasteiger partial charge in [-0.2, -0.15) is 0 Å². The number of furan rings is 1. The Bertz CT molecular complexity index is 380. The summed E-state index contributed by atoms with van der Waals surface area (Å²) in [5.74, 6) is 3.01. The molecule has 4 nitrogen and oxygen atoms in total. The Hall–Kier alpha value is -1.45. The van der Waals surface area contributed by atoms with Crippen molar-refractivity contribution < 1.29 is 4.42 Å². The number of nitrogens with zero attached hydrogens (tertiary/aromatic N) is 1. The Morgan fingerprint density at radius 2 is 2.18 bits per heavy atom. The molecule has 0 aliphatic carbocycles. The van der Waals surface area contributed by atoms with Crippen LogP contribution in [0.4, 0.5) is 0 Å². The van der Waals surface area contributed by atoms with E-state index in [4.69, 9.17) is 10.2 Å². The van der Waals surface area contributed by atoms with Gasteiger partial charge < -0.3 is 15.5 Å². The van der Waals surface area contributed by atoms with Crippen molar-refractivity contribution in [1.82, 2.24) is 5.32 Å². The number of rotatable bonds is 5. The van der Waals surface area contributed by atoms with Crippen LogP contribution in [0.15, 0.2) is 15.5 Å². The van der Waals surface area contributed by atoms with Crippen molar-refractivity contribution in [2.45, 2.75) is 40.7 Å². The van der Waals surface area contributed by atoms with E-state index in [1.165, 1.54) is 0 Å². The summed E-state index contributed by atoms with van der Waals surface area (Å²) in [5, 5.41) is 3.11. The van der Waals surface area contributed by atoms with Gasteiger partial charge in [-0.1, -0.05) is 13.8 Å². The lowest BCUT2D eigenvalue weighted by Crippen LogP contribution is -2.32. The standard InChI is InChI=1S/C13H23N3O/c1-9(2)5-6-15-13(14)16-8-12-7-10(3)17-11(12)4/h7,9H,5-6,8H2,1-4H3,(H3,14,15,16). The lowest BCUT2D eigenvalue weighted by molar-refractivity contribution is 0.501. The highest BCUT2D eigenvalue weighted by Crippen LogP contribution is 2.14. The average molecular weight is 237 g/mol. The van der Waals surface area contributed by atoms with Crippen LogP contribution in [0.25, 0.3) is 0 Å². The van der Waals surface area contributed by atoms with Crippen LogP contribution < -0.4 is 11.1 Å². The second-order valence-electron chi connectivity index (χ2n) is 4.75. The first-order valence-electron chi connectivity index (χ1n) is 6.08. The second kappa shape index (κ2) is 6.33. The van der Waals surface area contributed by atoms with Gasteiger partial charge in [0.1, 0.15) is 11.5 Å². The molecule has 1 heterocycles. The van der Waals surface area contributed by atoms with E-state index in [1.54, 1.807) is 0 Å². The highest BCUT2D eigenvalue weighted by atomic mass is 16.3. The van der Waals surface area contributed by atoms with E-state index in [0.717, 1.165) is 30.0 Å². The zero-order valence-corrected chi connectivity index (χ0v) is 11.2. The van der Waals surface area contributed by atoms with Crippen LogP contribution in [0.2, 0.25) is 0 Å².